The normalized spacial score (nSPS) is 19.3. The molecule has 1 fully saturated rings. The van der Waals surface area contributed by atoms with E-state index in [1.54, 1.807) is 6.33 Å². The van der Waals surface area contributed by atoms with Crippen LogP contribution in [-0.2, 0) is 0 Å². The van der Waals surface area contributed by atoms with Gasteiger partial charge in [0, 0.05) is 12.8 Å². The van der Waals surface area contributed by atoms with E-state index in [9.17, 15) is 0 Å². The molecule has 1 aliphatic heterocycles. The van der Waals surface area contributed by atoms with Crippen molar-refractivity contribution in [2.75, 3.05) is 25.9 Å². The van der Waals surface area contributed by atoms with Crippen LogP contribution in [0.15, 0.2) is 6.33 Å². The molecule has 2 aromatic heterocycles. The molecule has 0 atom stereocenters. The lowest BCUT2D eigenvalue weighted by atomic mass is 10.4. The fourth-order valence-electron chi connectivity index (χ4n) is 2.46. The minimum atomic E-state index is 0.318. The van der Waals surface area contributed by atoms with E-state index < -0.39 is 0 Å². The Bertz CT molecular complexity index is 525. The van der Waals surface area contributed by atoms with Crippen LogP contribution in [0.1, 0.15) is 12.8 Å². The molecule has 6 nitrogen and oxygen atoms in total. The molecule has 16 heavy (non-hydrogen) atoms. The number of nitrogens with zero attached hydrogens (tertiary/aromatic N) is 4. The van der Waals surface area contributed by atoms with Crippen LogP contribution in [0.5, 0.6) is 0 Å². The number of hydrogen-bond donors (Lipinski definition) is 2. The van der Waals surface area contributed by atoms with Gasteiger partial charge in [-0.25, -0.2) is 4.98 Å². The Kier molecular flexibility index (Phi) is 1.88. The standard InChI is InChI=1S/C10H15N6/c1-16(4-2-3-5-16)9-7-8(13-6-12-7)14-10(11)15-9/h6H,2-5H2,1H3,(H3,11,12,13,14,15)/q+1. The van der Waals surface area contributed by atoms with Gasteiger partial charge in [0.2, 0.25) is 5.95 Å². The summed E-state index contributed by atoms with van der Waals surface area (Å²) in [6.07, 6.45) is 4.10. The number of aromatic amines is 1. The van der Waals surface area contributed by atoms with E-state index >= 15 is 0 Å². The van der Waals surface area contributed by atoms with Gasteiger partial charge >= 0.3 is 0 Å². The van der Waals surface area contributed by atoms with Crippen LogP contribution in [0.2, 0.25) is 0 Å². The third-order valence-electron chi connectivity index (χ3n) is 3.34. The number of nitrogens with two attached hydrogens (primary N) is 1. The number of H-pyrrole nitrogens is 1. The van der Waals surface area contributed by atoms with E-state index in [1.165, 1.54) is 12.8 Å². The highest BCUT2D eigenvalue weighted by Crippen LogP contribution is 2.30. The molecule has 0 bridgehead atoms. The molecule has 1 saturated heterocycles. The van der Waals surface area contributed by atoms with Crippen LogP contribution in [0.4, 0.5) is 11.8 Å². The smallest absolute Gasteiger partial charge is 0.260 e. The minimum absolute atomic E-state index is 0.318. The second-order valence-electron chi connectivity index (χ2n) is 4.56. The van der Waals surface area contributed by atoms with Crippen molar-refractivity contribution in [3.63, 3.8) is 0 Å². The molecule has 0 spiro atoms. The van der Waals surface area contributed by atoms with Crippen LogP contribution >= 0.6 is 0 Å². The summed E-state index contributed by atoms with van der Waals surface area (Å²) < 4.78 is 0.814. The van der Waals surface area contributed by atoms with E-state index in [2.05, 4.69) is 27.0 Å². The molecular weight excluding hydrogens is 204 g/mol. The van der Waals surface area contributed by atoms with Crippen molar-refractivity contribution in [2.24, 2.45) is 0 Å². The highest BCUT2D eigenvalue weighted by Gasteiger charge is 2.34. The minimum Gasteiger partial charge on any atom is -0.368 e. The first-order valence-corrected chi connectivity index (χ1v) is 5.51. The largest absolute Gasteiger partial charge is 0.368 e. The molecule has 84 valence electrons. The summed E-state index contributed by atoms with van der Waals surface area (Å²) in [6.45, 7) is 2.19. The second-order valence-corrected chi connectivity index (χ2v) is 4.56. The molecule has 0 unspecified atom stereocenters. The van der Waals surface area contributed by atoms with E-state index in [0.29, 0.717) is 5.95 Å². The third-order valence-corrected chi connectivity index (χ3v) is 3.34. The van der Waals surface area contributed by atoms with Crippen molar-refractivity contribution in [3.8, 4) is 0 Å². The van der Waals surface area contributed by atoms with Gasteiger partial charge in [0.25, 0.3) is 5.82 Å². The van der Waals surface area contributed by atoms with Crippen molar-refractivity contribution >= 4 is 22.9 Å². The molecule has 0 aliphatic carbocycles. The van der Waals surface area contributed by atoms with Crippen molar-refractivity contribution in [1.29, 1.82) is 0 Å². The highest BCUT2D eigenvalue weighted by molar-refractivity contribution is 5.82. The summed E-state index contributed by atoms with van der Waals surface area (Å²) in [7, 11) is 2.18. The maximum atomic E-state index is 5.73. The quantitative estimate of drug-likeness (QED) is 0.691. The molecule has 3 heterocycles. The third kappa shape index (κ3) is 1.26. The van der Waals surface area contributed by atoms with Gasteiger partial charge < -0.3 is 10.7 Å². The lowest BCUT2D eigenvalue weighted by Gasteiger charge is -2.26. The highest BCUT2D eigenvalue weighted by atomic mass is 15.4. The van der Waals surface area contributed by atoms with Crippen LogP contribution < -0.4 is 10.2 Å². The fourth-order valence-corrected chi connectivity index (χ4v) is 2.46. The van der Waals surface area contributed by atoms with Crippen molar-refractivity contribution in [1.82, 2.24) is 24.4 Å². The number of quaternary nitrogens is 1. The Balaban J connectivity index is 2.25. The molecule has 0 radical (unpaired) electrons. The van der Waals surface area contributed by atoms with Gasteiger partial charge in [-0.3, -0.25) is 4.48 Å². The maximum absolute atomic E-state index is 5.73. The van der Waals surface area contributed by atoms with Crippen molar-refractivity contribution in [2.45, 2.75) is 12.8 Å². The Morgan fingerprint density at radius 1 is 1.31 bits per heavy atom. The zero-order valence-corrected chi connectivity index (χ0v) is 9.27. The summed E-state index contributed by atoms with van der Waals surface area (Å²) in [5, 5.41) is 0. The number of likely N-dealkylation sites (tertiary alicyclic amines) is 1. The summed E-state index contributed by atoms with van der Waals surface area (Å²) in [6, 6.07) is 0. The van der Waals surface area contributed by atoms with Gasteiger partial charge in [0.05, 0.1) is 26.5 Å². The Hall–Kier alpha value is -1.69. The zero-order chi connectivity index (χ0) is 11.2. The lowest BCUT2D eigenvalue weighted by Crippen LogP contribution is -2.42. The van der Waals surface area contributed by atoms with E-state index in [0.717, 1.165) is 34.6 Å². The maximum Gasteiger partial charge on any atom is 0.260 e. The summed E-state index contributed by atoms with van der Waals surface area (Å²) in [5.41, 5.74) is 7.31. The number of fused-ring (bicyclic) bond motifs is 1. The predicted molar refractivity (Wildman–Crippen MR) is 62.8 cm³/mol. The number of rotatable bonds is 1. The summed E-state index contributed by atoms with van der Waals surface area (Å²) in [4.78, 5) is 15.8. The fraction of sp³-hybridized carbons (Fsp3) is 0.500. The molecular formula is C10H15N6+. The molecule has 0 amide bonds. The molecule has 2 aromatic rings. The number of aromatic nitrogens is 4. The molecule has 6 heteroatoms. The Morgan fingerprint density at radius 2 is 2.06 bits per heavy atom. The summed E-state index contributed by atoms with van der Waals surface area (Å²) in [5.74, 6) is 1.26. The van der Waals surface area contributed by atoms with Crippen LogP contribution in [0.25, 0.3) is 11.2 Å². The number of nitrogens with one attached hydrogen (secondary N) is 1. The van der Waals surface area contributed by atoms with Crippen LogP contribution in [-0.4, -0.2) is 40.1 Å². The first kappa shape index (κ1) is 9.53. The molecule has 0 saturated carbocycles. The number of anilines is 1. The molecule has 3 N–H and O–H groups in total. The predicted octanol–water partition coefficient (Wildman–Crippen LogP) is 0.666. The average Bonchev–Trinajstić information content (AvgIpc) is 2.85. The van der Waals surface area contributed by atoms with E-state index in [-0.39, 0.29) is 0 Å². The monoisotopic (exact) mass is 219 g/mol. The van der Waals surface area contributed by atoms with Gasteiger partial charge in [0.15, 0.2) is 11.2 Å². The summed E-state index contributed by atoms with van der Waals surface area (Å²) >= 11 is 0. The second kappa shape index (κ2) is 3.15. The van der Waals surface area contributed by atoms with Gasteiger partial charge in [-0.05, 0) is 0 Å². The molecule has 0 aromatic carbocycles. The Morgan fingerprint density at radius 3 is 2.81 bits per heavy atom. The zero-order valence-electron chi connectivity index (χ0n) is 9.27. The Labute approximate surface area is 93.1 Å². The van der Waals surface area contributed by atoms with Crippen LogP contribution in [0.3, 0.4) is 0 Å². The number of hydrogen-bond acceptors (Lipinski definition) is 4. The SMILES string of the molecule is C[N+]1(c2nc(N)nc3[nH]cnc23)CCCC1. The van der Waals surface area contributed by atoms with E-state index in [1.807, 2.05) is 0 Å². The van der Waals surface area contributed by atoms with Crippen molar-refractivity contribution in [3.05, 3.63) is 6.33 Å². The van der Waals surface area contributed by atoms with Crippen molar-refractivity contribution < 1.29 is 0 Å². The topological polar surface area (TPSA) is 80.5 Å². The van der Waals surface area contributed by atoms with Gasteiger partial charge in [-0.2, -0.15) is 9.97 Å². The lowest BCUT2D eigenvalue weighted by molar-refractivity contribution is 0.398. The van der Waals surface area contributed by atoms with Gasteiger partial charge in [0.1, 0.15) is 0 Å². The number of nitrogen functional groups attached to an aromatic ring is 1. The van der Waals surface area contributed by atoms with Gasteiger partial charge in [-0.15, -0.1) is 0 Å². The first-order chi connectivity index (χ1) is 7.69. The average molecular weight is 219 g/mol. The molecule has 1 aliphatic rings. The van der Waals surface area contributed by atoms with E-state index in [4.69, 9.17) is 5.73 Å². The van der Waals surface area contributed by atoms with Crippen LogP contribution in [0, 0.1) is 0 Å². The molecule has 3 rings (SSSR count). The number of imidazole rings is 1. The first-order valence-electron chi connectivity index (χ1n) is 5.51. The van der Waals surface area contributed by atoms with Gasteiger partial charge in [-0.1, -0.05) is 0 Å².